The van der Waals surface area contributed by atoms with Crippen molar-refractivity contribution in [1.82, 2.24) is 24.8 Å². The van der Waals surface area contributed by atoms with Gasteiger partial charge in [0.05, 0.1) is 21.8 Å². The SMILES string of the molecule is C[C@H](CC(=O)c1ncnc(N)c1CN(C)C)c1ncc(C(=O)Nc2cc(C(F)(F)F)c(Cl)cn2)s1. The molecule has 1 atom stereocenters. The number of carbonyl (C=O) groups is 2. The average Bonchev–Trinajstić information content (AvgIpc) is 3.26. The number of thiazole rings is 1. The fourth-order valence-electron chi connectivity index (χ4n) is 3.12. The number of halogens is 4. The van der Waals surface area contributed by atoms with Gasteiger partial charge in [0.2, 0.25) is 0 Å². The number of Topliss-reactive ketones (excluding diaryl/α,β-unsaturated/α-hetero) is 1. The average molecular weight is 528 g/mol. The highest BCUT2D eigenvalue weighted by Crippen LogP contribution is 2.35. The van der Waals surface area contributed by atoms with E-state index in [-0.39, 0.29) is 40.3 Å². The van der Waals surface area contributed by atoms with Crippen molar-refractivity contribution in [2.24, 2.45) is 0 Å². The van der Waals surface area contributed by atoms with Crippen LogP contribution in [0.4, 0.5) is 24.8 Å². The Morgan fingerprint density at radius 1 is 1.20 bits per heavy atom. The second-order valence-corrected chi connectivity index (χ2v) is 9.39. The Morgan fingerprint density at radius 3 is 2.57 bits per heavy atom. The number of nitrogens with two attached hydrogens (primary N) is 1. The minimum Gasteiger partial charge on any atom is -0.383 e. The van der Waals surface area contributed by atoms with Crippen molar-refractivity contribution in [3.05, 3.63) is 56.5 Å². The largest absolute Gasteiger partial charge is 0.418 e. The van der Waals surface area contributed by atoms with Gasteiger partial charge < -0.3 is 16.0 Å². The Labute approximate surface area is 207 Å². The van der Waals surface area contributed by atoms with Crippen molar-refractivity contribution in [3.8, 4) is 0 Å². The second-order valence-electron chi connectivity index (χ2n) is 7.92. The van der Waals surface area contributed by atoms with Crippen molar-refractivity contribution in [3.63, 3.8) is 0 Å². The standard InChI is InChI=1S/C21H21ClF3N7O2S/c1-10(4-14(33)17-11(8-32(2)3)18(26)30-9-29-17)20-28-7-15(35-20)19(34)31-16-5-12(21(23,24)25)13(22)6-27-16/h5-7,9-10H,4,8H2,1-3H3,(H2,26,29,30)(H,27,31,34)/t10-/m1/s1. The van der Waals surface area contributed by atoms with Gasteiger partial charge in [0.15, 0.2) is 5.78 Å². The predicted molar refractivity (Wildman–Crippen MR) is 126 cm³/mol. The molecule has 0 saturated carbocycles. The number of nitrogens with zero attached hydrogens (tertiary/aromatic N) is 5. The molecule has 0 unspecified atom stereocenters. The Bertz CT molecular complexity index is 1250. The van der Waals surface area contributed by atoms with Crippen LogP contribution in [0.15, 0.2) is 24.8 Å². The summed E-state index contributed by atoms with van der Waals surface area (Å²) in [6.07, 6.45) is -1.31. The van der Waals surface area contributed by atoms with Crippen LogP contribution in [0.1, 0.15) is 55.6 Å². The van der Waals surface area contributed by atoms with E-state index in [1.807, 2.05) is 19.0 Å². The molecule has 0 aliphatic carbocycles. The molecule has 0 aromatic carbocycles. The summed E-state index contributed by atoms with van der Waals surface area (Å²) >= 11 is 6.57. The molecule has 35 heavy (non-hydrogen) atoms. The summed E-state index contributed by atoms with van der Waals surface area (Å²) in [4.78, 5) is 43.4. The van der Waals surface area contributed by atoms with E-state index in [1.165, 1.54) is 12.5 Å². The van der Waals surface area contributed by atoms with E-state index in [1.54, 1.807) is 6.92 Å². The third-order valence-corrected chi connectivity index (χ3v) is 6.31. The molecule has 14 heteroatoms. The van der Waals surface area contributed by atoms with E-state index in [0.717, 1.165) is 17.5 Å². The smallest absolute Gasteiger partial charge is 0.383 e. The van der Waals surface area contributed by atoms with Crippen LogP contribution in [0.2, 0.25) is 5.02 Å². The molecule has 0 bridgehead atoms. The van der Waals surface area contributed by atoms with E-state index in [2.05, 4.69) is 25.3 Å². The molecular formula is C21H21ClF3N7O2S. The lowest BCUT2D eigenvalue weighted by Crippen LogP contribution is -2.19. The van der Waals surface area contributed by atoms with Crippen LogP contribution in [0.3, 0.4) is 0 Å². The molecule has 3 aromatic heterocycles. The summed E-state index contributed by atoms with van der Waals surface area (Å²) in [5, 5.41) is 2.23. The molecule has 3 rings (SSSR count). The first-order valence-electron chi connectivity index (χ1n) is 10.1. The lowest BCUT2D eigenvalue weighted by molar-refractivity contribution is -0.137. The highest BCUT2D eigenvalue weighted by atomic mass is 35.5. The normalized spacial score (nSPS) is 12.6. The number of carbonyl (C=O) groups excluding carboxylic acids is 2. The number of rotatable bonds is 8. The fraction of sp³-hybridized carbons (Fsp3) is 0.333. The number of anilines is 2. The van der Waals surface area contributed by atoms with Crippen molar-refractivity contribution in [2.45, 2.75) is 32.0 Å². The molecule has 0 spiro atoms. The van der Waals surface area contributed by atoms with Crippen LogP contribution in [0, 0.1) is 0 Å². The Balaban J connectivity index is 1.72. The summed E-state index contributed by atoms with van der Waals surface area (Å²) in [6, 6.07) is 0.655. The molecule has 0 fully saturated rings. The Morgan fingerprint density at radius 2 is 1.91 bits per heavy atom. The molecule has 0 radical (unpaired) electrons. The number of hydrogen-bond acceptors (Lipinski definition) is 9. The molecule has 9 nitrogen and oxygen atoms in total. The highest BCUT2D eigenvalue weighted by Gasteiger charge is 2.34. The lowest BCUT2D eigenvalue weighted by Gasteiger charge is -2.15. The van der Waals surface area contributed by atoms with Crippen LogP contribution in [0.5, 0.6) is 0 Å². The van der Waals surface area contributed by atoms with Gasteiger partial charge in [-0.3, -0.25) is 9.59 Å². The Kier molecular flexibility index (Phi) is 8.03. The minimum atomic E-state index is -4.69. The zero-order valence-corrected chi connectivity index (χ0v) is 20.4. The molecule has 0 aliphatic rings. The number of ketones is 1. The van der Waals surface area contributed by atoms with E-state index >= 15 is 0 Å². The van der Waals surface area contributed by atoms with E-state index in [9.17, 15) is 22.8 Å². The van der Waals surface area contributed by atoms with Gasteiger partial charge in [-0.2, -0.15) is 13.2 Å². The molecule has 3 N–H and O–H groups in total. The van der Waals surface area contributed by atoms with Crippen LogP contribution in [0.25, 0.3) is 0 Å². The number of hydrogen-bond donors (Lipinski definition) is 2. The quantitative estimate of drug-likeness (QED) is 0.416. The van der Waals surface area contributed by atoms with Crippen LogP contribution < -0.4 is 11.1 Å². The maximum atomic E-state index is 13.0. The summed E-state index contributed by atoms with van der Waals surface area (Å²) in [7, 11) is 3.66. The van der Waals surface area contributed by atoms with Crippen LogP contribution >= 0.6 is 22.9 Å². The minimum absolute atomic E-state index is 0.0547. The van der Waals surface area contributed by atoms with Gasteiger partial charge in [-0.15, -0.1) is 11.3 Å². The first-order valence-corrected chi connectivity index (χ1v) is 11.3. The van der Waals surface area contributed by atoms with E-state index in [4.69, 9.17) is 17.3 Å². The number of nitrogen functional groups attached to an aromatic ring is 1. The fourth-order valence-corrected chi connectivity index (χ4v) is 4.20. The van der Waals surface area contributed by atoms with Gasteiger partial charge in [0.1, 0.15) is 28.5 Å². The number of pyridine rings is 1. The highest BCUT2D eigenvalue weighted by molar-refractivity contribution is 7.13. The summed E-state index contributed by atoms with van der Waals surface area (Å²) in [6.45, 7) is 2.16. The molecule has 0 saturated heterocycles. The maximum Gasteiger partial charge on any atom is 0.418 e. The third-order valence-electron chi connectivity index (χ3n) is 4.78. The first kappa shape index (κ1) is 26.4. The Hall–Kier alpha value is -3.16. The molecular weight excluding hydrogens is 507 g/mol. The van der Waals surface area contributed by atoms with E-state index in [0.29, 0.717) is 23.2 Å². The molecule has 0 aliphatic heterocycles. The molecule has 3 aromatic rings. The summed E-state index contributed by atoms with van der Waals surface area (Å²) in [5.74, 6) is -1.38. The van der Waals surface area contributed by atoms with Gasteiger partial charge in [-0.1, -0.05) is 18.5 Å². The van der Waals surface area contributed by atoms with Crippen LogP contribution in [-0.2, 0) is 12.7 Å². The van der Waals surface area contributed by atoms with E-state index < -0.39 is 22.7 Å². The summed E-state index contributed by atoms with van der Waals surface area (Å²) < 4.78 is 39.1. The second kappa shape index (κ2) is 10.6. The number of amides is 1. The van der Waals surface area contributed by atoms with Crippen molar-refractivity contribution in [2.75, 3.05) is 25.1 Å². The van der Waals surface area contributed by atoms with Gasteiger partial charge >= 0.3 is 6.18 Å². The van der Waals surface area contributed by atoms with Gasteiger partial charge in [0.25, 0.3) is 5.91 Å². The molecule has 186 valence electrons. The van der Waals surface area contributed by atoms with Gasteiger partial charge in [-0.25, -0.2) is 19.9 Å². The zero-order chi connectivity index (χ0) is 25.9. The van der Waals surface area contributed by atoms with Gasteiger partial charge in [0, 0.05) is 30.6 Å². The summed E-state index contributed by atoms with van der Waals surface area (Å²) in [5.41, 5.74) is 5.57. The predicted octanol–water partition coefficient (Wildman–Crippen LogP) is 4.27. The molecule has 3 heterocycles. The van der Waals surface area contributed by atoms with Crippen LogP contribution in [-0.4, -0.2) is 50.6 Å². The van der Waals surface area contributed by atoms with Gasteiger partial charge in [-0.05, 0) is 20.2 Å². The van der Waals surface area contributed by atoms with Crippen molar-refractivity contribution >= 4 is 46.3 Å². The van der Waals surface area contributed by atoms with Crippen molar-refractivity contribution in [1.29, 1.82) is 0 Å². The third kappa shape index (κ3) is 6.50. The monoisotopic (exact) mass is 527 g/mol. The number of nitrogens with one attached hydrogen (secondary N) is 1. The topological polar surface area (TPSA) is 127 Å². The number of aromatic nitrogens is 4. The zero-order valence-electron chi connectivity index (χ0n) is 18.9. The maximum absolute atomic E-state index is 13.0. The lowest BCUT2D eigenvalue weighted by atomic mass is 10.0. The number of alkyl halides is 3. The molecule has 1 amide bonds. The van der Waals surface area contributed by atoms with Crippen molar-refractivity contribution < 1.29 is 22.8 Å². The first-order chi connectivity index (χ1) is 16.4.